The van der Waals surface area contributed by atoms with Crippen LogP contribution in [0.25, 0.3) is 0 Å². The van der Waals surface area contributed by atoms with Crippen molar-refractivity contribution in [3.63, 3.8) is 0 Å². The maximum Gasteiger partial charge on any atom is 0.0965 e. The number of hydrogen-bond donors (Lipinski definition) is 0. The van der Waals surface area contributed by atoms with E-state index in [0.29, 0.717) is 0 Å². The second kappa shape index (κ2) is 4.87. The van der Waals surface area contributed by atoms with Gasteiger partial charge in [0.05, 0.1) is 6.07 Å². The van der Waals surface area contributed by atoms with Crippen molar-refractivity contribution in [2.75, 3.05) is 0 Å². The lowest BCUT2D eigenvalue weighted by atomic mass is 10.1. The highest BCUT2D eigenvalue weighted by atomic mass is 35.5. The summed E-state index contributed by atoms with van der Waals surface area (Å²) in [6.07, 6.45) is 6.58. The van der Waals surface area contributed by atoms with Crippen LogP contribution in [0.4, 0.5) is 0 Å². The molecule has 2 rings (SSSR count). The number of halogens is 1. The maximum atomic E-state index is 8.82. The first kappa shape index (κ1) is 10.8. The topological polar surface area (TPSA) is 27.0 Å². The van der Waals surface area contributed by atoms with E-state index in [1.807, 2.05) is 47.6 Å². The summed E-state index contributed by atoms with van der Waals surface area (Å²) in [6, 6.07) is 9.92. The molecule has 3 heteroatoms. The lowest BCUT2D eigenvalue weighted by molar-refractivity contribution is 0.489. The molecule has 0 unspecified atom stereocenters. The Kier molecular flexibility index (Phi) is 3.28. The normalized spacial score (nSPS) is 14.5. The fourth-order valence-electron chi connectivity index (χ4n) is 1.63. The molecular formula is C13H11ClN2. The van der Waals surface area contributed by atoms with Gasteiger partial charge in [-0.05, 0) is 17.7 Å². The Morgan fingerprint density at radius 2 is 2.31 bits per heavy atom. The Bertz CT molecular complexity index is 483. The number of benzene rings is 1. The van der Waals surface area contributed by atoms with Gasteiger partial charge in [0.15, 0.2) is 0 Å². The summed E-state index contributed by atoms with van der Waals surface area (Å²) >= 11 is 5.91. The first-order chi connectivity index (χ1) is 7.78. The molecule has 0 N–H and O–H groups in total. The van der Waals surface area contributed by atoms with Crippen molar-refractivity contribution in [3.8, 4) is 6.07 Å². The highest BCUT2D eigenvalue weighted by Crippen LogP contribution is 2.16. The third kappa shape index (κ3) is 2.65. The maximum absolute atomic E-state index is 8.82. The zero-order valence-electron chi connectivity index (χ0n) is 8.73. The number of rotatable bonds is 2. The lowest BCUT2D eigenvalue weighted by Crippen LogP contribution is -2.12. The number of hydrogen-bond acceptors (Lipinski definition) is 2. The van der Waals surface area contributed by atoms with Crippen molar-refractivity contribution in [1.82, 2.24) is 4.90 Å². The summed E-state index contributed by atoms with van der Waals surface area (Å²) in [7, 11) is 0. The van der Waals surface area contributed by atoms with E-state index in [4.69, 9.17) is 16.9 Å². The largest absolute Gasteiger partial charge is 0.349 e. The molecule has 0 aromatic heterocycles. The quantitative estimate of drug-likeness (QED) is 0.778. The monoisotopic (exact) mass is 230 g/mol. The molecular weight excluding hydrogens is 220 g/mol. The first-order valence-electron chi connectivity index (χ1n) is 5.05. The Hall–Kier alpha value is -1.72. The van der Waals surface area contributed by atoms with Crippen LogP contribution in [0, 0.1) is 11.3 Å². The lowest BCUT2D eigenvalue weighted by Gasteiger charge is -2.19. The van der Waals surface area contributed by atoms with Gasteiger partial charge in [0.2, 0.25) is 0 Å². The molecule has 1 aliphatic heterocycles. The van der Waals surface area contributed by atoms with Gasteiger partial charge in [0.25, 0.3) is 0 Å². The van der Waals surface area contributed by atoms with E-state index < -0.39 is 0 Å². The molecule has 0 aliphatic carbocycles. The molecule has 0 amide bonds. The van der Waals surface area contributed by atoms with E-state index in [-0.39, 0.29) is 0 Å². The van der Waals surface area contributed by atoms with E-state index in [1.54, 1.807) is 0 Å². The molecule has 0 bridgehead atoms. The highest BCUT2D eigenvalue weighted by Gasteiger charge is 2.05. The van der Waals surface area contributed by atoms with Crippen LogP contribution in [0.15, 0.2) is 48.3 Å². The fraction of sp³-hybridized carbons (Fsp3) is 0.154. The van der Waals surface area contributed by atoms with Crippen molar-refractivity contribution in [1.29, 1.82) is 5.26 Å². The van der Waals surface area contributed by atoms with E-state index in [2.05, 4.69) is 6.07 Å². The minimum absolute atomic E-state index is 0.725. The second-order valence-electron chi connectivity index (χ2n) is 3.66. The van der Waals surface area contributed by atoms with Crippen molar-refractivity contribution >= 4 is 11.6 Å². The fourth-order valence-corrected chi connectivity index (χ4v) is 1.84. The molecule has 1 heterocycles. The third-order valence-corrected chi connectivity index (χ3v) is 2.59. The average molecular weight is 231 g/mol. The van der Waals surface area contributed by atoms with Gasteiger partial charge in [0.1, 0.15) is 0 Å². The number of nitrogens with zero attached hydrogens (tertiary/aromatic N) is 2. The van der Waals surface area contributed by atoms with Gasteiger partial charge in [-0.3, -0.25) is 0 Å². The van der Waals surface area contributed by atoms with Crippen LogP contribution in [0.5, 0.6) is 0 Å². The van der Waals surface area contributed by atoms with E-state index in [9.17, 15) is 0 Å². The number of allylic oxidation sites excluding steroid dienone is 2. The number of nitriles is 1. The van der Waals surface area contributed by atoms with Crippen LogP contribution in [0.3, 0.4) is 0 Å². The van der Waals surface area contributed by atoms with Crippen LogP contribution in [0.1, 0.15) is 12.0 Å². The Labute approximate surface area is 100 Å². The molecule has 1 aromatic carbocycles. The molecule has 80 valence electrons. The summed E-state index contributed by atoms with van der Waals surface area (Å²) in [5.41, 5.74) is 1.91. The zero-order valence-corrected chi connectivity index (χ0v) is 9.48. The van der Waals surface area contributed by atoms with Gasteiger partial charge < -0.3 is 4.90 Å². The van der Waals surface area contributed by atoms with Gasteiger partial charge >= 0.3 is 0 Å². The predicted octanol–water partition coefficient (Wildman–Crippen LogP) is 3.47. The highest BCUT2D eigenvalue weighted by molar-refractivity contribution is 6.30. The molecule has 0 saturated carbocycles. The molecule has 16 heavy (non-hydrogen) atoms. The Morgan fingerprint density at radius 1 is 1.44 bits per heavy atom. The molecule has 1 aliphatic rings. The summed E-state index contributed by atoms with van der Waals surface area (Å²) < 4.78 is 0. The van der Waals surface area contributed by atoms with Gasteiger partial charge in [-0.15, -0.1) is 0 Å². The molecule has 0 saturated heterocycles. The Morgan fingerprint density at radius 3 is 3.06 bits per heavy atom. The molecule has 0 radical (unpaired) electrons. The van der Waals surface area contributed by atoms with Gasteiger partial charge in [-0.25, -0.2) is 0 Å². The van der Waals surface area contributed by atoms with Crippen LogP contribution in [-0.4, -0.2) is 4.90 Å². The predicted molar refractivity (Wildman–Crippen MR) is 64.4 cm³/mol. The first-order valence-corrected chi connectivity index (χ1v) is 5.43. The average Bonchev–Trinajstić information content (AvgIpc) is 2.29. The summed E-state index contributed by atoms with van der Waals surface area (Å²) in [5, 5.41) is 9.56. The molecule has 0 atom stereocenters. The standard InChI is InChI=1S/C13H11ClN2/c14-13-5-1-3-11(7-13)9-16-6-2-4-12(8-15)10-16/h1-3,5-7,10H,4,9H2. The minimum atomic E-state index is 0.725. The summed E-state index contributed by atoms with van der Waals surface area (Å²) in [4.78, 5) is 1.99. The summed E-state index contributed by atoms with van der Waals surface area (Å²) in [5.74, 6) is 0. The van der Waals surface area contributed by atoms with Gasteiger partial charge in [0, 0.05) is 36.0 Å². The van der Waals surface area contributed by atoms with Gasteiger partial charge in [-0.1, -0.05) is 29.8 Å². The second-order valence-corrected chi connectivity index (χ2v) is 4.09. The van der Waals surface area contributed by atoms with Crippen LogP contribution < -0.4 is 0 Å². The van der Waals surface area contributed by atoms with Crippen molar-refractivity contribution in [3.05, 3.63) is 58.9 Å². The van der Waals surface area contributed by atoms with E-state index in [0.717, 1.165) is 29.1 Å². The van der Waals surface area contributed by atoms with Gasteiger partial charge in [-0.2, -0.15) is 5.26 Å². The Balaban J connectivity index is 2.11. The molecule has 2 nitrogen and oxygen atoms in total. The van der Waals surface area contributed by atoms with Crippen molar-refractivity contribution < 1.29 is 0 Å². The van der Waals surface area contributed by atoms with E-state index in [1.165, 1.54) is 0 Å². The molecule has 0 fully saturated rings. The third-order valence-electron chi connectivity index (χ3n) is 2.35. The SMILES string of the molecule is N#CC1=CN(Cc2cccc(Cl)c2)C=CC1. The van der Waals surface area contributed by atoms with Crippen molar-refractivity contribution in [2.24, 2.45) is 0 Å². The minimum Gasteiger partial charge on any atom is -0.349 e. The van der Waals surface area contributed by atoms with E-state index >= 15 is 0 Å². The smallest absolute Gasteiger partial charge is 0.0965 e. The molecule has 1 aromatic rings. The summed E-state index contributed by atoms with van der Waals surface area (Å²) in [6.45, 7) is 0.738. The molecule has 0 spiro atoms. The zero-order chi connectivity index (χ0) is 11.4. The van der Waals surface area contributed by atoms with Crippen LogP contribution in [0.2, 0.25) is 5.02 Å². The van der Waals surface area contributed by atoms with Crippen LogP contribution in [-0.2, 0) is 6.54 Å². The van der Waals surface area contributed by atoms with Crippen LogP contribution >= 0.6 is 11.6 Å². The van der Waals surface area contributed by atoms with Crippen molar-refractivity contribution in [2.45, 2.75) is 13.0 Å².